The average molecular weight is 355 g/mol. The fourth-order valence-corrected chi connectivity index (χ4v) is 3.61. The number of Topliss-reactive ketones (excluding diaryl/α,β-unsaturated/α-hetero) is 1. The number of benzene rings is 3. The van der Waals surface area contributed by atoms with E-state index in [9.17, 15) is 9.90 Å². The van der Waals surface area contributed by atoms with E-state index in [-0.39, 0.29) is 12.2 Å². The van der Waals surface area contributed by atoms with Gasteiger partial charge in [0.25, 0.3) is 0 Å². The standard InChI is InChI=1S/C24H21NO2/c1-17-12-14-18(15-13-17)21-16-24(27,23(26)20-10-6-3-7-11-20)22(25-21)19-8-4-2-5-9-19/h2-15,22,27H,16H2,1H3. The van der Waals surface area contributed by atoms with Crippen LogP contribution >= 0.6 is 0 Å². The van der Waals surface area contributed by atoms with Crippen molar-refractivity contribution in [3.63, 3.8) is 0 Å². The zero-order chi connectivity index (χ0) is 18.9. The highest BCUT2D eigenvalue weighted by molar-refractivity contribution is 6.11. The van der Waals surface area contributed by atoms with Gasteiger partial charge in [-0.25, -0.2) is 0 Å². The minimum absolute atomic E-state index is 0.198. The summed E-state index contributed by atoms with van der Waals surface area (Å²) in [6.07, 6.45) is 0.198. The lowest BCUT2D eigenvalue weighted by atomic mass is 9.81. The number of carbonyl (C=O) groups is 1. The predicted octanol–water partition coefficient (Wildman–Crippen LogP) is 4.54. The van der Waals surface area contributed by atoms with Crippen molar-refractivity contribution in [2.45, 2.75) is 25.0 Å². The molecule has 134 valence electrons. The summed E-state index contributed by atoms with van der Waals surface area (Å²) in [7, 11) is 0. The van der Waals surface area contributed by atoms with E-state index in [1.807, 2.05) is 79.7 Å². The van der Waals surface area contributed by atoms with Gasteiger partial charge in [0, 0.05) is 17.7 Å². The SMILES string of the molecule is Cc1ccc(C2=NC(c3ccccc3)C(O)(C(=O)c3ccccc3)C2)cc1. The molecule has 2 unspecified atom stereocenters. The number of aliphatic imine (C=N–C) groups is 1. The van der Waals surface area contributed by atoms with Crippen molar-refractivity contribution in [1.82, 2.24) is 0 Å². The minimum atomic E-state index is -1.59. The Morgan fingerprint density at radius 1 is 0.926 bits per heavy atom. The van der Waals surface area contributed by atoms with E-state index in [0.29, 0.717) is 5.56 Å². The summed E-state index contributed by atoms with van der Waals surface area (Å²) < 4.78 is 0. The molecule has 0 saturated heterocycles. The van der Waals surface area contributed by atoms with Gasteiger partial charge in [0.1, 0.15) is 6.04 Å². The molecule has 3 aromatic carbocycles. The van der Waals surface area contributed by atoms with E-state index < -0.39 is 11.6 Å². The quantitative estimate of drug-likeness (QED) is 0.698. The van der Waals surface area contributed by atoms with E-state index in [1.165, 1.54) is 0 Å². The second-order valence-electron chi connectivity index (χ2n) is 7.05. The third kappa shape index (κ3) is 3.22. The normalized spacial score (nSPS) is 21.7. The van der Waals surface area contributed by atoms with Crippen molar-refractivity contribution in [1.29, 1.82) is 0 Å². The molecule has 0 radical (unpaired) electrons. The van der Waals surface area contributed by atoms with Crippen molar-refractivity contribution in [2.24, 2.45) is 4.99 Å². The van der Waals surface area contributed by atoms with E-state index in [0.717, 1.165) is 22.4 Å². The summed E-state index contributed by atoms with van der Waals surface area (Å²) in [4.78, 5) is 18.1. The molecule has 0 aromatic heterocycles. The predicted molar refractivity (Wildman–Crippen MR) is 107 cm³/mol. The molecule has 2 atom stereocenters. The molecule has 1 N–H and O–H groups in total. The molecule has 0 aliphatic carbocycles. The average Bonchev–Trinajstić information content (AvgIpc) is 3.08. The molecule has 1 aliphatic rings. The van der Waals surface area contributed by atoms with Gasteiger partial charge in [-0.2, -0.15) is 0 Å². The van der Waals surface area contributed by atoms with Crippen LogP contribution in [0.1, 0.15) is 39.5 Å². The largest absolute Gasteiger partial charge is 0.379 e. The number of hydrogen-bond acceptors (Lipinski definition) is 3. The lowest BCUT2D eigenvalue weighted by Gasteiger charge is -2.27. The maximum Gasteiger partial charge on any atom is 0.197 e. The third-order valence-electron chi connectivity index (χ3n) is 5.10. The van der Waals surface area contributed by atoms with Gasteiger partial charge in [-0.15, -0.1) is 0 Å². The molecular weight excluding hydrogens is 334 g/mol. The Hall–Kier alpha value is -3.04. The molecule has 0 fully saturated rings. The Morgan fingerprint density at radius 3 is 2.15 bits per heavy atom. The van der Waals surface area contributed by atoms with E-state index in [1.54, 1.807) is 12.1 Å². The second kappa shape index (κ2) is 6.93. The topological polar surface area (TPSA) is 49.7 Å². The maximum atomic E-state index is 13.3. The molecule has 0 bridgehead atoms. The molecule has 3 aromatic rings. The highest BCUT2D eigenvalue weighted by Gasteiger charge is 2.50. The van der Waals surface area contributed by atoms with E-state index in [2.05, 4.69) is 0 Å². The Bertz CT molecular complexity index is 978. The fourth-order valence-electron chi connectivity index (χ4n) is 3.61. The lowest BCUT2D eigenvalue weighted by Crippen LogP contribution is -2.42. The summed E-state index contributed by atoms with van der Waals surface area (Å²) in [5, 5.41) is 11.5. The summed E-state index contributed by atoms with van der Waals surface area (Å²) in [5.74, 6) is -0.289. The van der Waals surface area contributed by atoms with Crippen LogP contribution in [0.25, 0.3) is 0 Å². The third-order valence-corrected chi connectivity index (χ3v) is 5.10. The van der Waals surface area contributed by atoms with Crippen LogP contribution in [0, 0.1) is 6.92 Å². The van der Waals surface area contributed by atoms with E-state index in [4.69, 9.17) is 4.99 Å². The van der Waals surface area contributed by atoms with Crippen molar-refractivity contribution >= 4 is 11.5 Å². The van der Waals surface area contributed by atoms with Crippen LogP contribution in [-0.2, 0) is 0 Å². The highest BCUT2D eigenvalue weighted by atomic mass is 16.3. The van der Waals surface area contributed by atoms with Crippen LogP contribution in [0.4, 0.5) is 0 Å². The number of hydrogen-bond donors (Lipinski definition) is 1. The maximum absolute atomic E-state index is 13.3. The van der Waals surface area contributed by atoms with Gasteiger partial charge in [0.2, 0.25) is 0 Å². The second-order valence-corrected chi connectivity index (χ2v) is 7.05. The van der Waals surface area contributed by atoms with Crippen LogP contribution < -0.4 is 0 Å². The molecule has 1 heterocycles. The van der Waals surface area contributed by atoms with Gasteiger partial charge < -0.3 is 5.11 Å². The first kappa shape index (κ1) is 17.4. The number of nitrogens with zero attached hydrogens (tertiary/aromatic N) is 1. The summed E-state index contributed by atoms with van der Waals surface area (Å²) in [5.41, 5.74) is 2.61. The summed E-state index contributed by atoms with van der Waals surface area (Å²) >= 11 is 0. The van der Waals surface area contributed by atoms with Gasteiger partial charge in [-0.3, -0.25) is 9.79 Å². The number of carbonyl (C=O) groups excluding carboxylic acids is 1. The molecule has 0 saturated carbocycles. The zero-order valence-corrected chi connectivity index (χ0v) is 15.2. The number of rotatable bonds is 4. The Kier molecular flexibility index (Phi) is 4.46. The minimum Gasteiger partial charge on any atom is -0.379 e. The lowest BCUT2D eigenvalue weighted by molar-refractivity contribution is 0.0269. The molecule has 4 rings (SSSR count). The van der Waals surface area contributed by atoms with Crippen LogP contribution in [-0.4, -0.2) is 22.2 Å². The Balaban J connectivity index is 1.78. The molecule has 3 heteroatoms. The van der Waals surface area contributed by atoms with Crippen LogP contribution in [0.2, 0.25) is 0 Å². The van der Waals surface area contributed by atoms with Crippen molar-refractivity contribution in [2.75, 3.05) is 0 Å². The van der Waals surface area contributed by atoms with Gasteiger partial charge in [-0.05, 0) is 18.1 Å². The van der Waals surface area contributed by atoms with Crippen LogP contribution in [0.15, 0.2) is 89.9 Å². The van der Waals surface area contributed by atoms with E-state index >= 15 is 0 Å². The first-order chi connectivity index (χ1) is 13.1. The van der Waals surface area contributed by atoms with Gasteiger partial charge in [-0.1, -0.05) is 90.5 Å². The molecular formula is C24H21NO2. The first-order valence-electron chi connectivity index (χ1n) is 9.09. The summed E-state index contributed by atoms with van der Waals surface area (Å²) in [6, 6.07) is 25.9. The molecule has 0 amide bonds. The van der Waals surface area contributed by atoms with Gasteiger partial charge in [0.05, 0.1) is 0 Å². The molecule has 0 spiro atoms. The first-order valence-corrected chi connectivity index (χ1v) is 9.09. The Morgan fingerprint density at radius 2 is 1.52 bits per heavy atom. The van der Waals surface area contributed by atoms with Crippen molar-refractivity contribution in [3.8, 4) is 0 Å². The fraction of sp³-hybridized carbons (Fsp3) is 0.167. The number of ketones is 1. The number of aryl methyl sites for hydroxylation is 1. The number of aliphatic hydroxyl groups is 1. The van der Waals surface area contributed by atoms with Crippen molar-refractivity contribution < 1.29 is 9.90 Å². The van der Waals surface area contributed by atoms with Crippen LogP contribution in [0.5, 0.6) is 0 Å². The summed E-state index contributed by atoms with van der Waals surface area (Å²) in [6.45, 7) is 2.03. The molecule has 27 heavy (non-hydrogen) atoms. The smallest absolute Gasteiger partial charge is 0.197 e. The molecule has 1 aliphatic heterocycles. The van der Waals surface area contributed by atoms with Crippen molar-refractivity contribution in [3.05, 3.63) is 107 Å². The zero-order valence-electron chi connectivity index (χ0n) is 15.2. The highest BCUT2D eigenvalue weighted by Crippen LogP contribution is 2.41. The van der Waals surface area contributed by atoms with Gasteiger partial charge >= 0.3 is 0 Å². The Labute approximate surface area is 159 Å². The molecule has 3 nitrogen and oxygen atoms in total. The van der Waals surface area contributed by atoms with Gasteiger partial charge in [0.15, 0.2) is 11.4 Å². The van der Waals surface area contributed by atoms with Crippen LogP contribution in [0.3, 0.4) is 0 Å². The monoisotopic (exact) mass is 355 g/mol.